The van der Waals surface area contributed by atoms with Crippen LogP contribution in [0.1, 0.15) is 17.5 Å². The summed E-state index contributed by atoms with van der Waals surface area (Å²) in [6.45, 7) is 3.86. The average Bonchev–Trinajstić information content (AvgIpc) is 3.64. The summed E-state index contributed by atoms with van der Waals surface area (Å²) in [5, 5.41) is 20.9. The van der Waals surface area contributed by atoms with Crippen molar-refractivity contribution in [3.63, 3.8) is 0 Å². The number of piperazine rings is 1. The molecular weight excluding hydrogens is 490 g/mol. The second-order valence-corrected chi connectivity index (χ2v) is 9.58. The van der Waals surface area contributed by atoms with Crippen molar-refractivity contribution in [3.05, 3.63) is 84.7 Å². The highest BCUT2D eigenvalue weighted by atomic mass is 16.7. The Labute approximate surface area is 226 Å². The van der Waals surface area contributed by atoms with Crippen molar-refractivity contribution >= 4 is 11.5 Å². The molecule has 0 aliphatic carbocycles. The van der Waals surface area contributed by atoms with Gasteiger partial charge in [-0.3, -0.25) is 9.52 Å². The Morgan fingerprint density at radius 2 is 1.72 bits per heavy atom. The second-order valence-electron chi connectivity index (χ2n) is 9.58. The van der Waals surface area contributed by atoms with Gasteiger partial charge in [0, 0.05) is 80.3 Å². The number of benzene rings is 1. The summed E-state index contributed by atoms with van der Waals surface area (Å²) < 4.78 is 3.50. The highest BCUT2D eigenvalue weighted by Gasteiger charge is 2.22. The molecule has 6 rings (SSSR count). The molecule has 1 fully saturated rings. The van der Waals surface area contributed by atoms with Crippen molar-refractivity contribution in [1.29, 1.82) is 5.26 Å². The molecular formula is C29H29N9O. The molecule has 1 saturated heterocycles. The Morgan fingerprint density at radius 3 is 2.44 bits per heavy atom. The quantitative estimate of drug-likeness (QED) is 0.286. The van der Waals surface area contributed by atoms with Gasteiger partial charge in [-0.15, -0.1) is 0 Å². The van der Waals surface area contributed by atoms with Gasteiger partial charge in [0.15, 0.2) is 0 Å². The van der Waals surface area contributed by atoms with E-state index in [4.69, 9.17) is 4.84 Å². The van der Waals surface area contributed by atoms with Crippen molar-refractivity contribution in [1.82, 2.24) is 34.4 Å². The zero-order valence-electron chi connectivity index (χ0n) is 21.8. The summed E-state index contributed by atoms with van der Waals surface area (Å²) in [5.74, 6) is 0.675. The fraction of sp³-hybridized carbons (Fsp3) is 0.276. The fourth-order valence-corrected chi connectivity index (χ4v) is 5.00. The first-order valence-corrected chi connectivity index (χ1v) is 13.1. The molecule has 10 nitrogen and oxygen atoms in total. The molecule has 5 aromatic rings. The molecule has 0 spiro atoms. The van der Waals surface area contributed by atoms with Crippen LogP contribution in [0.25, 0.3) is 27.8 Å². The van der Waals surface area contributed by atoms with Crippen LogP contribution in [0, 0.1) is 11.3 Å². The maximum absolute atomic E-state index is 10.2. The van der Waals surface area contributed by atoms with Crippen LogP contribution in [0.2, 0.25) is 0 Å². The van der Waals surface area contributed by atoms with E-state index in [0.717, 1.165) is 66.8 Å². The molecule has 0 bridgehead atoms. The Hall–Kier alpha value is -4.59. The summed E-state index contributed by atoms with van der Waals surface area (Å²) in [4.78, 5) is 17.5. The first-order valence-electron chi connectivity index (χ1n) is 13.1. The Balaban J connectivity index is 1.13. The number of aromatic nitrogens is 6. The van der Waals surface area contributed by atoms with Crippen LogP contribution in [0.3, 0.4) is 0 Å². The van der Waals surface area contributed by atoms with E-state index < -0.39 is 0 Å². The lowest BCUT2D eigenvalue weighted by atomic mass is 9.96. The van der Waals surface area contributed by atoms with E-state index in [-0.39, 0.29) is 0 Å². The van der Waals surface area contributed by atoms with Gasteiger partial charge in [-0.2, -0.15) is 20.5 Å². The van der Waals surface area contributed by atoms with Crippen molar-refractivity contribution in [3.8, 4) is 28.3 Å². The Bertz CT molecular complexity index is 1590. The van der Waals surface area contributed by atoms with Crippen LogP contribution in [0.5, 0.6) is 0 Å². The number of nitriles is 1. The molecule has 5 heterocycles. The van der Waals surface area contributed by atoms with Gasteiger partial charge in [0.25, 0.3) is 0 Å². The molecule has 39 heavy (non-hydrogen) atoms. The van der Waals surface area contributed by atoms with E-state index in [0.29, 0.717) is 18.1 Å². The molecule has 0 N–H and O–H groups in total. The first kappa shape index (κ1) is 24.7. The van der Waals surface area contributed by atoms with Gasteiger partial charge in [-0.25, -0.2) is 14.5 Å². The van der Waals surface area contributed by atoms with E-state index >= 15 is 0 Å². The van der Waals surface area contributed by atoms with Gasteiger partial charge in [0.05, 0.1) is 30.1 Å². The summed E-state index contributed by atoms with van der Waals surface area (Å²) in [7, 11) is 1.85. The molecule has 196 valence electrons. The van der Waals surface area contributed by atoms with Crippen LogP contribution in [0.15, 0.2) is 73.6 Å². The molecule has 1 aliphatic heterocycles. The third kappa shape index (κ3) is 5.23. The molecule has 0 saturated carbocycles. The minimum atomic E-state index is 0.547. The SMILES string of the molecule is Cn1cc(-c2cn3nccc3c(-c3cnc(N4CCN(OCCCc5ccccc5)CC4)nc3)c2C#N)cn1. The monoisotopic (exact) mass is 519 g/mol. The number of anilines is 1. The molecule has 1 aromatic carbocycles. The lowest BCUT2D eigenvalue weighted by molar-refractivity contribution is -0.162. The summed E-state index contributed by atoms with van der Waals surface area (Å²) >= 11 is 0. The first-order chi connectivity index (χ1) is 19.2. The Morgan fingerprint density at radius 1 is 0.923 bits per heavy atom. The van der Waals surface area contributed by atoms with Crippen LogP contribution in [-0.2, 0) is 18.3 Å². The van der Waals surface area contributed by atoms with E-state index in [1.165, 1.54) is 5.56 Å². The zero-order valence-corrected chi connectivity index (χ0v) is 21.8. The topological polar surface area (TPSA) is 100 Å². The maximum atomic E-state index is 10.2. The highest BCUT2D eigenvalue weighted by molar-refractivity contribution is 5.90. The number of pyridine rings is 1. The predicted octanol–water partition coefficient (Wildman–Crippen LogP) is 3.75. The van der Waals surface area contributed by atoms with Crippen LogP contribution < -0.4 is 4.90 Å². The second kappa shape index (κ2) is 11.0. The molecule has 0 amide bonds. The van der Waals surface area contributed by atoms with E-state index in [1.54, 1.807) is 34.0 Å². The number of hydroxylamine groups is 2. The lowest BCUT2D eigenvalue weighted by Crippen LogP contribution is -2.47. The third-order valence-electron chi connectivity index (χ3n) is 7.00. The number of rotatable bonds is 8. The average molecular weight is 520 g/mol. The largest absolute Gasteiger partial charge is 0.338 e. The van der Waals surface area contributed by atoms with Gasteiger partial charge < -0.3 is 4.90 Å². The van der Waals surface area contributed by atoms with Gasteiger partial charge in [0.2, 0.25) is 5.95 Å². The van der Waals surface area contributed by atoms with Crippen LogP contribution in [0.4, 0.5) is 5.95 Å². The van der Waals surface area contributed by atoms with Crippen molar-refractivity contribution in [2.45, 2.75) is 12.8 Å². The van der Waals surface area contributed by atoms with Gasteiger partial charge >= 0.3 is 0 Å². The summed E-state index contributed by atoms with van der Waals surface area (Å²) in [6, 6.07) is 14.8. The van der Waals surface area contributed by atoms with Crippen LogP contribution in [-0.4, -0.2) is 67.2 Å². The molecule has 10 heteroatoms. The Kier molecular flexibility index (Phi) is 6.99. The molecule has 0 radical (unpaired) electrons. The van der Waals surface area contributed by atoms with Crippen molar-refractivity contribution in [2.24, 2.45) is 7.05 Å². The highest BCUT2D eigenvalue weighted by Crippen LogP contribution is 2.35. The number of fused-ring (bicyclic) bond motifs is 1. The van der Waals surface area contributed by atoms with E-state index in [1.807, 2.05) is 36.6 Å². The minimum absolute atomic E-state index is 0.547. The maximum Gasteiger partial charge on any atom is 0.225 e. The number of nitrogens with zero attached hydrogens (tertiary/aromatic N) is 9. The summed E-state index contributed by atoms with van der Waals surface area (Å²) in [6.07, 6.45) is 12.8. The molecule has 1 aliphatic rings. The van der Waals surface area contributed by atoms with Crippen LogP contribution >= 0.6 is 0 Å². The van der Waals surface area contributed by atoms with Gasteiger partial charge in [-0.1, -0.05) is 30.3 Å². The van der Waals surface area contributed by atoms with Gasteiger partial charge in [0.1, 0.15) is 6.07 Å². The number of hydrogen-bond acceptors (Lipinski definition) is 8. The van der Waals surface area contributed by atoms with Crippen molar-refractivity contribution in [2.75, 3.05) is 37.7 Å². The predicted molar refractivity (Wildman–Crippen MR) is 148 cm³/mol. The smallest absolute Gasteiger partial charge is 0.225 e. The molecule has 0 unspecified atom stereocenters. The van der Waals surface area contributed by atoms with E-state index in [2.05, 4.69) is 55.4 Å². The molecule has 0 atom stereocenters. The van der Waals surface area contributed by atoms with E-state index in [9.17, 15) is 5.26 Å². The number of aryl methyl sites for hydroxylation is 2. The normalized spacial score (nSPS) is 14.1. The molecule has 4 aromatic heterocycles. The number of hydrogen-bond donors (Lipinski definition) is 0. The fourth-order valence-electron chi connectivity index (χ4n) is 5.00. The minimum Gasteiger partial charge on any atom is -0.338 e. The lowest BCUT2D eigenvalue weighted by Gasteiger charge is -2.33. The zero-order chi connectivity index (χ0) is 26.6. The third-order valence-corrected chi connectivity index (χ3v) is 7.00. The van der Waals surface area contributed by atoms with Crippen molar-refractivity contribution < 1.29 is 4.84 Å². The summed E-state index contributed by atoms with van der Waals surface area (Å²) in [5.41, 5.74) is 5.86. The standard InChI is InChI=1S/C29H29N9O/c1-35-20-24(19-34-35)26-21-38-27(9-10-33-38)28(25(26)16-30)23-17-31-29(32-18-23)36-11-13-37(14-12-36)39-15-5-8-22-6-3-2-4-7-22/h2-4,6-7,9-10,17-21H,5,8,11-15H2,1H3. The van der Waals surface area contributed by atoms with Gasteiger partial charge in [-0.05, 0) is 24.5 Å².